The van der Waals surface area contributed by atoms with Crippen molar-refractivity contribution in [2.45, 2.75) is 20.4 Å². The molecule has 0 fully saturated rings. The third-order valence-electron chi connectivity index (χ3n) is 2.67. The summed E-state index contributed by atoms with van der Waals surface area (Å²) in [4.78, 5) is 11.8. The second-order valence-electron chi connectivity index (χ2n) is 3.87. The van der Waals surface area contributed by atoms with Crippen LogP contribution in [0.5, 0.6) is 0 Å². The predicted molar refractivity (Wildman–Crippen MR) is 67.9 cm³/mol. The minimum absolute atomic E-state index is 0.145. The zero-order valence-corrected chi connectivity index (χ0v) is 11.0. The fourth-order valence-corrected chi connectivity index (χ4v) is 1.93. The van der Waals surface area contributed by atoms with Crippen LogP contribution in [-0.2, 0) is 6.54 Å². The lowest BCUT2D eigenvalue weighted by Gasteiger charge is -2.06. The molecule has 96 valence electrons. The number of carbonyl (C=O) groups is 1. The highest BCUT2D eigenvalue weighted by Crippen LogP contribution is 2.07. The van der Waals surface area contributed by atoms with Gasteiger partial charge in [0.25, 0.3) is 5.91 Å². The summed E-state index contributed by atoms with van der Waals surface area (Å²) in [6.07, 6.45) is 1.50. The van der Waals surface area contributed by atoms with Crippen molar-refractivity contribution in [3.05, 3.63) is 34.2 Å². The molecule has 0 spiro atoms. The third-order valence-corrected chi connectivity index (χ3v) is 2.99. The molecular formula is C11H14N4O2S. The number of amides is 1. The minimum Gasteiger partial charge on any atom is -0.469 e. The molecule has 0 aromatic carbocycles. The van der Waals surface area contributed by atoms with Gasteiger partial charge in [-0.15, -0.1) is 0 Å². The average molecular weight is 266 g/mol. The zero-order chi connectivity index (χ0) is 13.1. The summed E-state index contributed by atoms with van der Waals surface area (Å²) in [5.41, 5.74) is 0.558. The molecule has 7 heteroatoms. The van der Waals surface area contributed by atoms with Gasteiger partial charge in [0, 0.05) is 13.1 Å². The maximum absolute atomic E-state index is 11.8. The number of H-pyrrole nitrogens is 1. The normalized spacial score (nSPS) is 10.6. The molecule has 2 heterocycles. The van der Waals surface area contributed by atoms with Crippen LogP contribution in [-0.4, -0.2) is 27.2 Å². The highest BCUT2D eigenvalue weighted by Gasteiger charge is 2.10. The van der Waals surface area contributed by atoms with Gasteiger partial charge in [0.05, 0.1) is 11.8 Å². The van der Waals surface area contributed by atoms with Crippen LogP contribution in [0.15, 0.2) is 16.7 Å². The third kappa shape index (κ3) is 2.51. The summed E-state index contributed by atoms with van der Waals surface area (Å²) in [6, 6.07) is 1.65. The van der Waals surface area contributed by atoms with Crippen LogP contribution in [0, 0.1) is 18.6 Å². The lowest BCUT2D eigenvalue weighted by molar-refractivity contribution is 0.0950. The first-order valence-electron chi connectivity index (χ1n) is 5.53. The van der Waals surface area contributed by atoms with Gasteiger partial charge in [-0.05, 0) is 32.1 Å². The highest BCUT2D eigenvalue weighted by atomic mass is 32.1. The Bertz CT molecular complexity index is 611. The van der Waals surface area contributed by atoms with Gasteiger partial charge >= 0.3 is 0 Å². The molecule has 0 radical (unpaired) electrons. The number of aromatic nitrogens is 3. The van der Waals surface area contributed by atoms with Crippen molar-refractivity contribution >= 4 is 18.1 Å². The summed E-state index contributed by atoms with van der Waals surface area (Å²) in [5.74, 6) is 1.27. The van der Waals surface area contributed by atoms with E-state index >= 15 is 0 Å². The second-order valence-corrected chi connectivity index (χ2v) is 4.26. The van der Waals surface area contributed by atoms with E-state index < -0.39 is 0 Å². The Balaban J connectivity index is 1.92. The number of hydrogen-bond acceptors (Lipinski definition) is 4. The lowest BCUT2D eigenvalue weighted by Crippen LogP contribution is -2.27. The van der Waals surface area contributed by atoms with Gasteiger partial charge in [0.1, 0.15) is 11.6 Å². The topological polar surface area (TPSA) is 75.8 Å². The zero-order valence-electron chi connectivity index (χ0n) is 10.2. The van der Waals surface area contributed by atoms with Crippen LogP contribution in [0.4, 0.5) is 0 Å². The fourth-order valence-electron chi connectivity index (χ4n) is 1.66. The van der Waals surface area contributed by atoms with Crippen LogP contribution in [0.25, 0.3) is 0 Å². The van der Waals surface area contributed by atoms with E-state index in [-0.39, 0.29) is 5.91 Å². The van der Waals surface area contributed by atoms with Gasteiger partial charge in [0.2, 0.25) is 0 Å². The lowest BCUT2D eigenvalue weighted by atomic mass is 10.2. The minimum atomic E-state index is -0.145. The largest absolute Gasteiger partial charge is 0.469 e. The van der Waals surface area contributed by atoms with Crippen molar-refractivity contribution in [2.24, 2.45) is 0 Å². The molecule has 0 saturated heterocycles. The van der Waals surface area contributed by atoms with Crippen LogP contribution in [0.2, 0.25) is 0 Å². The Hall–Kier alpha value is -1.89. The van der Waals surface area contributed by atoms with Crippen molar-refractivity contribution < 1.29 is 9.21 Å². The van der Waals surface area contributed by atoms with Gasteiger partial charge in [-0.2, -0.15) is 5.10 Å². The van der Waals surface area contributed by atoms with E-state index in [0.717, 1.165) is 5.82 Å². The van der Waals surface area contributed by atoms with Gasteiger partial charge < -0.3 is 14.3 Å². The van der Waals surface area contributed by atoms with Crippen molar-refractivity contribution in [3.63, 3.8) is 0 Å². The number of rotatable bonds is 4. The smallest absolute Gasteiger partial charge is 0.254 e. The van der Waals surface area contributed by atoms with Gasteiger partial charge in [-0.1, -0.05) is 0 Å². The molecule has 6 nitrogen and oxygen atoms in total. The van der Waals surface area contributed by atoms with Crippen LogP contribution in [0.1, 0.15) is 21.9 Å². The van der Waals surface area contributed by atoms with E-state index in [4.69, 9.17) is 16.6 Å². The van der Waals surface area contributed by atoms with Crippen molar-refractivity contribution in [2.75, 3.05) is 6.54 Å². The van der Waals surface area contributed by atoms with E-state index in [1.54, 1.807) is 13.0 Å². The quantitative estimate of drug-likeness (QED) is 0.824. The highest BCUT2D eigenvalue weighted by molar-refractivity contribution is 7.71. The van der Waals surface area contributed by atoms with E-state index in [1.807, 2.05) is 11.5 Å². The molecule has 0 saturated carbocycles. The van der Waals surface area contributed by atoms with E-state index in [0.29, 0.717) is 29.2 Å². The molecule has 0 aliphatic heterocycles. The Labute approximate surface area is 109 Å². The second kappa shape index (κ2) is 5.18. The first kappa shape index (κ1) is 12.6. The first-order valence-corrected chi connectivity index (χ1v) is 5.94. The fraction of sp³-hybridized carbons (Fsp3) is 0.364. The summed E-state index contributed by atoms with van der Waals surface area (Å²) in [6.45, 7) is 4.68. The van der Waals surface area contributed by atoms with Gasteiger partial charge in [-0.25, -0.2) is 0 Å². The summed E-state index contributed by atoms with van der Waals surface area (Å²) in [7, 11) is 0. The van der Waals surface area contributed by atoms with Crippen molar-refractivity contribution in [3.8, 4) is 0 Å². The van der Waals surface area contributed by atoms with Crippen molar-refractivity contribution in [1.82, 2.24) is 20.1 Å². The monoisotopic (exact) mass is 266 g/mol. The number of hydrogen-bond donors (Lipinski definition) is 2. The molecule has 2 N–H and O–H groups in total. The number of carbonyl (C=O) groups excluding carboxylic acids is 1. The van der Waals surface area contributed by atoms with Gasteiger partial charge in [-0.3, -0.25) is 9.89 Å². The molecular weight excluding hydrogens is 252 g/mol. The number of furan rings is 1. The molecule has 2 aromatic heterocycles. The Morgan fingerprint density at radius 2 is 2.39 bits per heavy atom. The molecule has 0 aliphatic carbocycles. The molecule has 2 aromatic rings. The standard InChI is InChI=1S/C11H14N4O2S/c1-7-9(3-6-17-7)10(16)12-4-5-15-8(2)13-14-11(15)18/h3,6H,4-5H2,1-2H3,(H,12,16)(H,14,18). The summed E-state index contributed by atoms with van der Waals surface area (Å²) in [5, 5.41) is 9.51. The molecule has 0 unspecified atom stereocenters. The van der Waals surface area contributed by atoms with Crippen molar-refractivity contribution in [1.29, 1.82) is 0 Å². The first-order chi connectivity index (χ1) is 8.59. The summed E-state index contributed by atoms with van der Waals surface area (Å²) >= 11 is 5.07. The molecule has 1 amide bonds. The Kier molecular flexibility index (Phi) is 3.61. The molecule has 18 heavy (non-hydrogen) atoms. The van der Waals surface area contributed by atoms with E-state index in [2.05, 4.69) is 15.5 Å². The summed E-state index contributed by atoms with van der Waals surface area (Å²) < 4.78 is 7.47. The number of nitrogens with one attached hydrogen (secondary N) is 2. The maximum Gasteiger partial charge on any atom is 0.254 e. The molecule has 2 rings (SSSR count). The van der Waals surface area contributed by atoms with Crippen LogP contribution in [0.3, 0.4) is 0 Å². The SMILES string of the molecule is Cc1occc1C(=O)NCCn1c(C)n[nH]c1=S. The van der Waals surface area contributed by atoms with Crippen LogP contribution >= 0.6 is 12.2 Å². The molecule has 0 bridgehead atoms. The number of nitrogens with zero attached hydrogens (tertiary/aromatic N) is 2. The van der Waals surface area contributed by atoms with E-state index in [9.17, 15) is 4.79 Å². The molecule has 0 aliphatic rings. The number of aromatic amines is 1. The van der Waals surface area contributed by atoms with E-state index in [1.165, 1.54) is 6.26 Å². The maximum atomic E-state index is 11.8. The van der Waals surface area contributed by atoms with Crippen LogP contribution < -0.4 is 5.32 Å². The average Bonchev–Trinajstić information content (AvgIpc) is 2.89. The predicted octanol–water partition coefficient (Wildman–Crippen LogP) is 1.58. The number of aryl methyl sites for hydroxylation is 2. The molecule has 0 atom stereocenters. The Morgan fingerprint density at radius 3 is 2.94 bits per heavy atom. The van der Waals surface area contributed by atoms with Gasteiger partial charge in [0.15, 0.2) is 4.77 Å². The Morgan fingerprint density at radius 1 is 1.61 bits per heavy atom.